The smallest absolute Gasteiger partial charge is 0.291 e. The van der Waals surface area contributed by atoms with E-state index in [1.165, 1.54) is 9.42 Å². The molecule has 3 aromatic heterocycles. The molecule has 176 valence electrons. The highest BCUT2D eigenvalue weighted by molar-refractivity contribution is 7.15. The van der Waals surface area contributed by atoms with Gasteiger partial charge in [-0.25, -0.2) is 0 Å². The summed E-state index contributed by atoms with van der Waals surface area (Å²) in [5.41, 5.74) is 2.17. The van der Waals surface area contributed by atoms with Gasteiger partial charge in [-0.1, -0.05) is 47.2 Å². The lowest BCUT2D eigenvalue weighted by molar-refractivity contribution is -0.118. The molecule has 36 heavy (non-hydrogen) atoms. The lowest BCUT2D eigenvalue weighted by Crippen LogP contribution is -2.37. The lowest BCUT2D eigenvalue weighted by atomic mass is 10.1. The van der Waals surface area contributed by atoms with Crippen molar-refractivity contribution in [2.75, 3.05) is 16.8 Å². The zero-order valence-electron chi connectivity index (χ0n) is 18.4. The molecule has 1 N–H and O–H groups in total. The monoisotopic (exact) mass is 514 g/mol. The molecule has 1 aliphatic heterocycles. The minimum Gasteiger partial charge on any atom is -0.324 e. The molecule has 0 saturated heterocycles. The lowest BCUT2D eigenvalue weighted by Gasteiger charge is -2.16. The highest BCUT2D eigenvalue weighted by Gasteiger charge is 2.35. The van der Waals surface area contributed by atoms with Crippen LogP contribution in [0.2, 0.25) is 5.02 Å². The molecule has 0 spiro atoms. The molecule has 11 heteroatoms. The van der Waals surface area contributed by atoms with E-state index in [0.29, 0.717) is 32.7 Å². The zero-order valence-corrected chi connectivity index (χ0v) is 20.0. The van der Waals surface area contributed by atoms with Crippen LogP contribution < -0.4 is 20.3 Å². The first-order chi connectivity index (χ1) is 17.5. The fourth-order valence-corrected chi connectivity index (χ4v) is 5.26. The van der Waals surface area contributed by atoms with Crippen LogP contribution in [-0.2, 0) is 9.59 Å². The van der Waals surface area contributed by atoms with E-state index < -0.39 is 17.4 Å². The van der Waals surface area contributed by atoms with Crippen LogP contribution in [0.15, 0.2) is 77.9 Å². The number of nitrogens with one attached hydrogen (secondary N) is 1. The van der Waals surface area contributed by atoms with Gasteiger partial charge >= 0.3 is 0 Å². The molecule has 0 saturated carbocycles. The Labute approximate surface area is 212 Å². The van der Waals surface area contributed by atoms with Gasteiger partial charge in [0, 0.05) is 34.2 Å². The second kappa shape index (κ2) is 8.67. The van der Waals surface area contributed by atoms with Crippen LogP contribution in [-0.4, -0.2) is 37.9 Å². The number of benzene rings is 2. The highest BCUT2D eigenvalue weighted by Crippen LogP contribution is 2.35. The predicted molar refractivity (Wildman–Crippen MR) is 137 cm³/mol. The van der Waals surface area contributed by atoms with Crippen LogP contribution >= 0.6 is 22.9 Å². The van der Waals surface area contributed by atoms with Crippen molar-refractivity contribution in [1.82, 2.24) is 19.6 Å². The number of anilines is 2. The van der Waals surface area contributed by atoms with E-state index in [9.17, 15) is 14.4 Å². The quantitative estimate of drug-likeness (QED) is 0.395. The Balaban J connectivity index is 1.39. The van der Waals surface area contributed by atoms with Crippen molar-refractivity contribution in [3.63, 3.8) is 0 Å². The summed E-state index contributed by atoms with van der Waals surface area (Å²) >= 11 is 7.09. The van der Waals surface area contributed by atoms with E-state index in [-0.39, 0.29) is 16.7 Å². The van der Waals surface area contributed by atoms with Gasteiger partial charge in [0.1, 0.15) is 11.1 Å². The summed E-state index contributed by atoms with van der Waals surface area (Å²) in [4.78, 5) is 49.8. The number of thiazole rings is 1. The number of fused-ring (bicyclic) bond motifs is 2. The fourth-order valence-electron chi connectivity index (χ4n) is 4.08. The average molecular weight is 515 g/mol. The zero-order chi connectivity index (χ0) is 24.8. The molecule has 0 radical (unpaired) electrons. The van der Waals surface area contributed by atoms with Gasteiger partial charge in [0.05, 0.1) is 11.3 Å². The number of para-hydroxylation sites is 1. The predicted octanol–water partition coefficient (Wildman–Crippen LogP) is 2.77. The number of carbonyl (C=O) groups is 2. The van der Waals surface area contributed by atoms with Crippen LogP contribution in [0.25, 0.3) is 21.9 Å². The molecule has 0 fully saturated rings. The molecule has 2 amide bonds. The first kappa shape index (κ1) is 22.1. The summed E-state index contributed by atoms with van der Waals surface area (Å²) < 4.78 is 1.43. The van der Waals surface area contributed by atoms with Crippen molar-refractivity contribution in [2.45, 2.75) is 0 Å². The van der Waals surface area contributed by atoms with Crippen molar-refractivity contribution >= 4 is 56.7 Å². The number of rotatable bonds is 4. The molecule has 9 nitrogen and oxygen atoms in total. The van der Waals surface area contributed by atoms with E-state index in [2.05, 4.69) is 20.4 Å². The van der Waals surface area contributed by atoms with Crippen molar-refractivity contribution in [2.24, 2.45) is 0 Å². The van der Waals surface area contributed by atoms with Gasteiger partial charge in [-0.3, -0.25) is 24.3 Å². The van der Waals surface area contributed by atoms with E-state index in [1.807, 2.05) is 0 Å². The van der Waals surface area contributed by atoms with Gasteiger partial charge < -0.3 is 5.32 Å². The Morgan fingerprint density at radius 2 is 1.83 bits per heavy atom. The number of hydrogen-bond acceptors (Lipinski definition) is 7. The molecule has 0 atom stereocenters. The number of nitrogens with zero attached hydrogens (tertiary/aromatic N) is 5. The average Bonchev–Trinajstić information content (AvgIpc) is 3.51. The van der Waals surface area contributed by atoms with Crippen LogP contribution in [0.4, 0.5) is 11.4 Å². The summed E-state index contributed by atoms with van der Waals surface area (Å²) in [7, 11) is 0. The molecule has 0 bridgehead atoms. The number of carbonyl (C=O) groups excluding carboxylic acids is 2. The van der Waals surface area contributed by atoms with Gasteiger partial charge in [-0.05, 0) is 36.4 Å². The van der Waals surface area contributed by atoms with Gasteiger partial charge in [0.2, 0.25) is 10.9 Å². The SMILES string of the molecule is O=C(CN1C(=O)/C(=c2\sc3nc(-c4ccncc4)nn3c2=O)c2ccccc21)Nc1cccc(Cl)c1. The third-order valence-electron chi connectivity index (χ3n) is 5.66. The Hall–Kier alpha value is -4.41. The van der Waals surface area contributed by atoms with Gasteiger partial charge in [0.15, 0.2) is 5.82 Å². The first-order valence-corrected chi connectivity index (χ1v) is 12.0. The van der Waals surface area contributed by atoms with Crippen LogP contribution in [0.5, 0.6) is 0 Å². The van der Waals surface area contributed by atoms with Gasteiger partial charge in [0.25, 0.3) is 11.5 Å². The number of halogens is 1. The van der Waals surface area contributed by atoms with Gasteiger partial charge in [-0.15, -0.1) is 5.10 Å². The maximum absolute atomic E-state index is 13.5. The van der Waals surface area contributed by atoms with E-state index in [4.69, 9.17) is 11.6 Å². The fraction of sp³-hybridized carbons (Fsp3) is 0.0400. The molecular formula is C25H15ClN6O3S. The minimum atomic E-state index is -0.439. The Bertz CT molecular complexity index is 1780. The number of aromatic nitrogens is 4. The number of hydrogen-bond donors (Lipinski definition) is 1. The second-order valence-corrected chi connectivity index (χ2v) is 9.36. The van der Waals surface area contributed by atoms with E-state index in [1.54, 1.807) is 73.1 Å². The van der Waals surface area contributed by atoms with Crippen LogP contribution in [0.1, 0.15) is 5.56 Å². The molecule has 4 heterocycles. The maximum Gasteiger partial charge on any atom is 0.291 e. The summed E-state index contributed by atoms with van der Waals surface area (Å²) in [6.45, 7) is -0.229. The third kappa shape index (κ3) is 3.72. The van der Waals surface area contributed by atoms with Crippen LogP contribution in [0.3, 0.4) is 0 Å². The first-order valence-electron chi connectivity index (χ1n) is 10.8. The molecule has 6 rings (SSSR count). The Morgan fingerprint density at radius 3 is 2.61 bits per heavy atom. The summed E-state index contributed by atoms with van der Waals surface area (Å²) in [6.07, 6.45) is 3.24. The standard InChI is InChI=1S/C25H15ClN6O3S/c26-15-4-3-5-16(12-15)28-19(33)13-31-18-7-2-1-6-17(18)20(23(31)34)21-24(35)32-25(36-21)29-22(30-32)14-8-10-27-11-9-14/h1-12H,13H2,(H,28,33)/b21-20-. The molecule has 2 aromatic carbocycles. The van der Waals surface area contributed by atoms with Crippen molar-refractivity contribution in [1.29, 1.82) is 0 Å². The normalized spacial score (nSPS) is 14.4. The number of pyridine rings is 1. The third-order valence-corrected chi connectivity index (χ3v) is 6.92. The van der Waals surface area contributed by atoms with Crippen molar-refractivity contribution < 1.29 is 9.59 Å². The second-order valence-electron chi connectivity index (χ2n) is 7.94. The van der Waals surface area contributed by atoms with Crippen LogP contribution in [0, 0.1) is 0 Å². The topological polar surface area (TPSA) is 110 Å². The minimum absolute atomic E-state index is 0.224. The molecular weight excluding hydrogens is 500 g/mol. The summed E-state index contributed by atoms with van der Waals surface area (Å²) in [6, 6.07) is 17.3. The molecule has 1 aliphatic rings. The highest BCUT2D eigenvalue weighted by atomic mass is 35.5. The Morgan fingerprint density at radius 1 is 1.03 bits per heavy atom. The van der Waals surface area contributed by atoms with Gasteiger partial charge in [-0.2, -0.15) is 9.50 Å². The molecule has 0 aliphatic carbocycles. The van der Waals surface area contributed by atoms with Crippen molar-refractivity contribution in [3.05, 3.63) is 98.5 Å². The molecule has 5 aromatic rings. The largest absolute Gasteiger partial charge is 0.324 e. The van der Waals surface area contributed by atoms with Crippen molar-refractivity contribution in [3.8, 4) is 11.4 Å². The maximum atomic E-state index is 13.5. The summed E-state index contributed by atoms with van der Waals surface area (Å²) in [5.74, 6) is -0.433. The number of amides is 2. The van der Waals surface area contributed by atoms with E-state index in [0.717, 1.165) is 16.9 Å². The summed E-state index contributed by atoms with van der Waals surface area (Å²) in [5, 5.41) is 7.58. The van der Waals surface area contributed by atoms with E-state index >= 15 is 0 Å². The molecule has 0 unspecified atom stereocenters. The Kier molecular flexibility index (Phi) is 5.32.